The van der Waals surface area contributed by atoms with Crippen molar-refractivity contribution in [3.05, 3.63) is 90.0 Å². The summed E-state index contributed by atoms with van der Waals surface area (Å²) in [5, 5.41) is 4.01. The van der Waals surface area contributed by atoms with Gasteiger partial charge in [0.1, 0.15) is 18.4 Å². The number of sulfonamides is 1. The second-order valence-corrected chi connectivity index (χ2v) is 10.9. The van der Waals surface area contributed by atoms with E-state index in [2.05, 4.69) is 10.5 Å². The smallest absolute Gasteiger partial charge is 0.264 e. The molecule has 35 heavy (non-hydrogen) atoms. The third kappa shape index (κ3) is 6.23. The number of para-hydroxylation sites is 1. The SMILES string of the molecule is CCc1ccccc1N(CC(=O)N/N=C\c1ccc(OC2CSC2)cc1)S(=O)(=O)c1ccccc1. The minimum absolute atomic E-state index is 0.116. The summed E-state index contributed by atoms with van der Waals surface area (Å²) in [6.45, 7) is 1.54. The lowest BCUT2D eigenvalue weighted by atomic mass is 10.1. The molecule has 0 unspecified atom stereocenters. The number of rotatable bonds is 10. The summed E-state index contributed by atoms with van der Waals surface area (Å²) in [4.78, 5) is 12.9. The third-order valence-corrected chi connectivity index (χ3v) is 8.44. The first-order valence-electron chi connectivity index (χ1n) is 11.3. The monoisotopic (exact) mass is 509 g/mol. The maximum Gasteiger partial charge on any atom is 0.264 e. The van der Waals surface area contributed by atoms with Crippen molar-refractivity contribution in [2.24, 2.45) is 5.10 Å². The predicted molar refractivity (Wildman–Crippen MR) is 141 cm³/mol. The molecule has 7 nitrogen and oxygen atoms in total. The number of hydrazone groups is 1. The fourth-order valence-corrected chi connectivity index (χ4v) is 5.57. The van der Waals surface area contributed by atoms with Crippen molar-refractivity contribution in [1.82, 2.24) is 5.43 Å². The van der Waals surface area contributed by atoms with E-state index in [-0.39, 0.29) is 11.0 Å². The van der Waals surface area contributed by atoms with Gasteiger partial charge in [0.2, 0.25) is 0 Å². The van der Waals surface area contributed by atoms with E-state index >= 15 is 0 Å². The number of anilines is 1. The van der Waals surface area contributed by atoms with Crippen LogP contribution in [-0.2, 0) is 21.2 Å². The Morgan fingerprint density at radius 1 is 1.06 bits per heavy atom. The minimum atomic E-state index is -3.97. The molecule has 1 N–H and O–H groups in total. The van der Waals surface area contributed by atoms with Crippen LogP contribution in [0.4, 0.5) is 5.69 Å². The number of aryl methyl sites for hydroxylation is 1. The molecule has 1 heterocycles. The molecule has 1 fully saturated rings. The lowest BCUT2D eigenvalue weighted by Gasteiger charge is -2.25. The molecule has 3 aromatic rings. The first-order chi connectivity index (χ1) is 17.0. The van der Waals surface area contributed by atoms with Crippen LogP contribution in [0.3, 0.4) is 0 Å². The summed E-state index contributed by atoms with van der Waals surface area (Å²) >= 11 is 1.86. The molecule has 1 saturated heterocycles. The zero-order valence-corrected chi connectivity index (χ0v) is 21.0. The number of hydrogen-bond donors (Lipinski definition) is 1. The van der Waals surface area contributed by atoms with E-state index in [4.69, 9.17) is 4.74 Å². The zero-order valence-electron chi connectivity index (χ0n) is 19.3. The van der Waals surface area contributed by atoms with Crippen LogP contribution in [0.5, 0.6) is 5.75 Å². The fourth-order valence-electron chi connectivity index (χ4n) is 3.52. The summed E-state index contributed by atoms with van der Waals surface area (Å²) < 4.78 is 33.9. The van der Waals surface area contributed by atoms with E-state index in [1.54, 1.807) is 30.3 Å². The normalized spacial score (nSPS) is 13.9. The van der Waals surface area contributed by atoms with Gasteiger partial charge < -0.3 is 4.74 Å². The van der Waals surface area contributed by atoms with Crippen LogP contribution in [0.1, 0.15) is 18.1 Å². The van der Waals surface area contributed by atoms with Gasteiger partial charge in [-0.25, -0.2) is 13.8 Å². The number of nitrogens with zero attached hydrogens (tertiary/aromatic N) is 2. The van der Waals surface area contributed by atoms with E-state index in [1.807, 2.05) is 55.1 Å². The molecule has 0 spiro atoms. The van der Waals surface area contributed by atoms with Crippen molar-refractivity contribution < 1.29 is 17.9 Å². The minimum Gasteiger partial charge on any atom is -0.489 e. The topological polar surface area (TPSA) is 88.1 Å². The number of ether oxygens (including phenoxy) is 1. The Kier molecular flexibility index (Phi) is 8.09. The Bertz CT molecular complexity index is 1280. The van der Waals surface area contributed by atoms with Crippen molar-refractivity contribution in [2.45, 2.75) is 24.3 Å². The molecule has 4 rings (SSSR count). The lowest BCUT2D eigenvalue weighted by Crippen LogP contribution is -2.40. The van der Waals surface area contributed by atoms with E-state index < -0.39 is 22.5 Å². The molecule has 182 valence electrons. The van der Waals surface area contributed by atoms with Gasteiger partial charge in [0.15, 0.2) is 0 Å². The fraction of sp³-hybridized carbons (Fsp3) is 0.231. The van der Waals surface area contributed by atoms with Crippen LogP contribution in [0.25, 0.3) is 0 Å². The van der Waals surface area contributed by atoms with Gasteiger partial charge in [0, 0.05) is 11.5 Å². The summed E-state index contributed by atoms with van der Waals surface area (Å²) in [6, 6.07) is 22.7. The molecule has 0 radical (unpaired) electrons. The Hall–Kier alpha value is -3.30. The Labute approximate surface area is 210 Å². The van der Waals surface area contributed by atoms with Crippen LogP contribution in [0.2, 0.25) is 0 Å². The van der Waals surface area contributed by atoms with E-state index in [0.29, 0.717) is 12.1 Å². The second kappa shape index (κ2) is 11.4. The molecule has 0 atom stereocenters. The Morgan fingerprint density at radius 2 is 1.74 bits per heavy atom. The van der Waals surface area contributed by atoms with Gasteiger partial charge in [0.05, 0.1) is 16.8 Å². The van der Waals surface area contributed by atoms with Crippen molar-refractivity contribution >= 4 is 39.6 Å². The van der Waals surface area contributed by atoms with Crippen molar-refractivity contribution in [2.75, 3.05) is 22.4 Å². The summed E-state index contributed by atoms with van der Waals surface area (Å²) in [7, 11) is -3.97. The van der Waals surface area contributed by atoms with Crippen LogP contribution < -0.4 is 14.5 Å². The maximum absolute atomic E-state index is 13.5. The molecule has 1 aliphatic rings. The van der Waals surface area contributed by atoms with Gasteiger partial charge in [-0.05, 0) is 60.0 Å². The molecule has 0 bridgehead atoms. The average molecular weight is 510 g/mol. The molecule has 0 aromatic heterocycles. The summed E-state index contributed by atoms with van der Waals surface area (Å²) in [6.07, 6.45) is 2.40. The number of carbonyl (C=O) groups is 1. The molecule has 0 saturated carbocycles. The summed E-state index contributed by atoms with van der Waals surface area (Å²) in [5.41, 5.74) is 4.53. The van der Waals surface area contributed by atoms with Gasteiger partial charge >= 0.3 is 0 Å². The molecule has 0 aliphatic carbocycles. The van der Waals surface area contributed by atoms with E-state index in [1.165, 1.54) is 18.3 Å². The first kappa shape index (κ1) is 24.8. The highest BCUT2D eigenvalue weighted by Crippen LogP contribution is 2.27. The van der Waals surface area contributed by atoms with Crippen LogP contribution in [0, 0.1) is 0 Å². The largest absolute Gasteiger partial charge is 0.489 e. The van der Waals surface area contributed by atoms with Crippen molar-refractivity contribution in [1.29, 1.82) is 0 Å². The quantitative estimate of drug-likeness (QED) is 0.329. The van der Waals surface area contributed by atoms with Crippen LogP contribution in [0.15, 0.2) is 88.9 Å². The number of nitrogens with one attached hydrogen (secondary N) is 1. The maximum atomic E-state index is 13.5. The molecular formula is C26H27N3O4S2. The van der Waals surface area contributed by atoms with Gasteiger partial charge in [-0.1, -0.05) is 43.3 Å². The van der Waals surface area contributed by atoms with Gasteiger partial charge in [-0.3, -0.25) is 9.10 Å². The predicted octanol–water partition coefficient (Wildman–Crippen LogP) is 4.09. The number of hydrogen-bond acceptors (Lipinski definition) is 6. The highest BCUT2D eigenvalue weighted by atomic mass is 32.2. The van der Waals surface area contributed by atoms with E-state index in [9.17, 15) is 13.2 Å². The average Bonchev–Trinajstić information content (AvgIpc) is 2.86. The number of amides is 1. The Balaban J connectivity index is 1.47. The molecule has 1 amide bonds. The van der Waals surface area contributed by atoms with Crippen LogP contribution in [-0.4, -0.2) is 44.7 Å². The van der Waals surface area contributed by atoms with E-state index in [0.717, 1.165) is 32.7 Å². The molecule has 9 heteroatoms. The second-order valence-electron chi connectivity index (χ2n) is 7.95. The van der Waals surface area contributed by atoms with Crippen molar-refractivity contribution in [3.8, 4) is 5.75 Å². The standard InChI is InChI=1S/C26H27N3O4S2/c1-2-21-8-6-7-11-25(21)29(35(31,32)24-9-4-3-5-10-24)17-26(30)28-27-16-20-12-14-22(15-13-20)33-23-18-34-19-23/h3-16,23H,2,17-19H2,1H3,(H,28,30)/b27-16-. The van der Waals surface area contributed by atoms with Crippen LogP contribution >= 0.6 is 11.8 Å². The number of carbonyl (C=O) groups excluding carboxylic acids is 1. The zero-order chi connectivity index (χ0) is 24.7. The summed E-state index contributed by atoms with van der Waals surface area (Å²) in [5.74, 6) is 2.27. The third-order valence-electron chi connectivity index (χ3n) is 5.45. The lowest BCUT2D eigenvalue weighted by molar-refractivity contribution is -0.119. The van der Waals surface area contributed by atoms with Crippen molar-refractivity contribution in [3.63, 3.8) is 0 Å². The van der Waals surface area contributed by atoms with Gasteiger partial charge in [-0.15, -0.1) is 0 Å². The Morgan fingerprint density at radius 3 is 2.40 bits per heavy atom. The molecular weight excluding hydrogens is 482 g/mol. The number of benzene rings is 3. The highest BCUT2D eigenvalue weighted by molar-refractivity contribution is 8.00. The van der Waals surface area contributed by atoms with Gasteiger partial charge in [0.25, 0.3) is 15.9 Å². The highest BCUT2D eigenvalue weighted by Gasteiger charge is 2.28. The molecule has 3 aromatic carbocycles. The number of thioether (sulfide) groups is 1. The first-order valence-corrected chi connectivity index (χ1v) is 13.9. The molecule has 1 aliphatic heterocycles. The van der Waals surface area contributed by atoms with Gasteiger partial charge in [-0.2, -0.15) is 16.9 Å².